The van der Waals surface area contributed by atoms with Gasteiger partial charge in [-0.15, -0.1) is 11.6 Å². The van der Waals surface area contributed by atoms with Gasteiger partial charge in [0.15, 0.2) is 0 Å². The lowest BCUT2D eigenvalue weighted by Crippen LogP contribution is -2.34. The van der Waals surface area contributed by atoms with Gasteiger partial charge in [-0.2, -0.15) is 0 Å². The van der Waals surface area contributed by atoms with Crippen LogP contribution >= 0.6 is 11.6 Å². The smallest absolute Gasteiger partial charge is 0.254 e. The first-order valence-electron chi connectivity index (χ1n) is 6.07. The fraction of sp³-hybridized carbons (Fsp3) is 0.500. The topological polar surface area (TPSA) is 20.3 Å². The largest absolute Gasteiger partial charge is 0.334 e. The van der Waals surface area contributed by atoms with Gasteiger partial charge in [0.25, 0.3) is 5.91 Å². The van der Waals surface area contributed by atoms with E-state index >= 15 is 0 Å². The highest BCUT2D eigenvalue weighted by Crippen LogP contribution is 2.28. The number of benzene rings is 1. The maximum absolute atomic E-state index is 12.3. The molecule has 0 N–H and O–H groups in total. The lowest BCUT2D eigenvalue weighted by molar-refractivity contribution is 0.0753. The molecule has 1 aromatic rings. The fourth-order valence-corrected chi connectivity index (χ4v) is 2.15. The molecule has 1 aromatic carbocycles. The summed E-state index contributed by atoms with van der Waals surface area (Å²) in [4.78, 5) is 14.3. The van der Waals surface area contributed by atoms with Crippen molar-refractivity contribution < 1.29 is 4.79 Å². The van der Waals surface area contributed by atoms with E-state index in [1.165, 1.54) is 5.56 Å². The molecule has 3 heteroatoms. The van der Waals surface area contributed by atoms with Crippen LogP contribution in [0.25, 0.3) is 0 Å². The van der Waals surface area contributed by atoms with E-state index in [1.54, 1.807) is 0 Å². The summed E-state index contributed by atoms with van der Waals surface area (Å²) in [5.74, 6) is 0.629. The first-order chi connectivity index (χ1) is 8.13. The van der Waals surface area contributed by atoms with Gasteiger partial charge in [0.2, 0.25) is 0 Å². The van der Waals surface area contributed by atoms with Gasteiger partial charge in [0.1, 0.15) is 0 Å². The Morgan fingerprint density at radius 1 is 1.35 bits per heavy atom. The normalized spacial score (nSPS) is 14.8. The monoisotopic (exact) mass is 251 g/mol. The Labute approximate surface area is 108 Å². The van der Waals surface area contributed by atoms with Gasteiger partial charge in [0, 0.05) is 24.0 Å². The van der Waals surface area contributed by atoms with Crippen LogP contribution in [-0.2, 0) is 0 Å². The number of carbonyl (C=O) groups is 1. The van der Waals surface area contributed by atoms with Gasteiger partial charge in [-0.3, -0.25) is 4.79 Å². The molecule has 0 saturated heterocycles. The predicted molar refractivity (Wildman–Crippen MR) is 70.7 cm³/mol. The summed E-state index contributed by atoms with van der Waals surface area (Å²) < 4.78 is 0. The van der Waals surface area contributed by atoms with Crippen molar-refractivity contribution in [3.8, 4) is 0 Å². The Morgan fingerprint density at radius 3 is 2.59 bits per heavy atom. The molecular formula is C14H18ClNO. The van der Waals surface area contributed by atoms with E-state index in [0.717, 1.165) is 24.0 Å². The Balaban J connectivity index is 2.19. The molecule has 1 saturated carbocycles. The van der Waals surface area contributed by atoms with Crippen LogP contribution in [0, 0.1) is 13.8 Å². The van der Waals surface area contributed by atoms with Crippen LogP contribution in [0.4, 0.5) is 0 Å². The number of halogens is 1. The third kappa shape index (κ3) is 2.81. The lowest BCUT2D eigenvalue weighted by Gasteiger charge is -2.21. The number of rotatable bonds is 4. The Hall–Kier alpha value is -1.02. The summed E-state index contributed by atoms with van der Waals surface area (Å²) in [5.41, 5.74) is 3.17. The molecule has 1 aliphatic carbocycles. The molecule has 92 valence electrons. The minimum Gasteiger partial charge on any atom is -0.334 e. The van der Waals surface area contributed by atoms with Crippen LogP contribution < -0.4 is 0 Å². The Bertz CT molecular complexity index is 426. The second-order valence-electron chi connectivity index (χ2n) is 4.72. The molecule has 2 nitrogen and oxygen atoms in total. The van der Waals surface area contributed by atoms with Crippen LogP contribution in [0.5, 0.6) is 0 Å². The van der Waals surface area contributed by atoms with Crippen molar-refractivity contribution in [1.82, 2.24) is 4.90 Å². The number of nitrogens with zero attached hydrogens (tertiary/aromatic N) is 1. The molecule has 2 rings (SSSR count). The molecule has 1 aliphatic rings. The third-order valence-electron chi connectivity index (χ3n) is 3.33. The SMILES string of the molecule is Cc1ccc(C(=O)N(CCCl)C2CC2)cc1C. The van der Waals surface area contributed by atoms with E-state index in [1.807, 2.05) is 30.0 Å². The molecule has 0 atom stereocenters. The molecular weight excluding hydrogens is 234 g/mol. The van der Waals surface area contributed by atoms with Gasteiger partial charge < -0.3 is 4.90 Å². The van der Waals surface area contributed by atoms with Gasteiger partial charge >= 0.3 is 0 Å². The van der Waals surface area contributed by atoms with Gasteiger partial charge in [0.05, 0.1) is 0 Å². The lowest BCUT2D eigenvalue weighted by atomic mass is 10.1. The van der Waals surface area contributed by atoms with Crippen molar-refractivity contribution in [2.24, 2.45) is 0 Å². The van der Waals surface area contributed by atoms with E-state index in [0.29, 0.717) is 18.5 Å². The molecule has 0 heterocycles. The van der Waals surface area contributed by atoms with Crippen LogP contribution in [0.2, 0.25) is 0 Å². The van der Waals surface area contributed by atoms with Crippen LogP contribution in [0.3, 0.4) is 0 Å². The maximum Gasteiger partial charge on any atom is 0.254 e. The molecule has 0 aliphatic heterocycles. The average Bonchev–Trinajstić information content (AvgIpc) is 3.13. The number of aryl methyl sites for hydroxylation is 2. The third-order valence-corrected chi connectivity index (χ3v) is 3.50. The first-order valence-corrected chi connectivity index (χ1v) is 6.61. The van der Waals surface area contributed by atoms with E-state index in [-0.39, 0.29) is 5.91 Å². The van der Waals surface area contributed by atoms with Crippen molar-refractivity contribution >= 4 is 17.5 Å². The highest BCUT2D eigenvalue weighted by molar-refractivity contribution is 6.18. The second kappa shape index (κ2) is 5.09. The van der Waals surface area contributed by atoms with Gasteiger partial charge in [-0.05, 0) is 49.9 Å². The minimum absolute atomic E-state index is 0.122. The maximum atomic E-state index is 12.3. The summed E-state index contributed by atoms with van der Waals surface area (Å²) in [7, 11) is 0. The highest BCUT2D eigenvalue weighted by atomic mass is 35.5. The van der Waals surface area contributed by atoms with Crippen molar-refractivity contribution in [3.63, 3.8) is 0 Å². The van der Waals surface area contributed by atoms with Crippen LogP contribution in [0.1, 0.15) is 34.3 Å². The molecule has 0 aromatic heterocycles. The van der Waals surface area contributed by atoms with E-state index in [9.17, 15) is 4.79 Å². The zero-order valence-electron chi connectivity index (χ0n) is 10.4. The molecule has 17 heavy (non-hydrogen) atoms. The van der Waals surface area contributed by atoms with Crippen LogP contribution in [-0.4, -0.2) is 29.3 Å². The molecule has 0 bridgehead atoms. The molecule has 1 amide bonds. The quantitative estimate of drug-likeness (QED) is 0.753. The van der Waals surface area contributed by atoms with E-state index in [4.69, 9.17) is 11.6 Å². The molecule has 0 spiro atoms. The molecule has 0 unspecified atom stereocenters. The van der Waals surface area contributed by atoms with Gasteiger partial charge in [-0.25, -0.2) is 0 Å². The average molecular weight is 252 g/mol. The fourth-order valence-electron chi connectivity index (χ4n) is 1.97. The van der Waals surface area contributed by atoms with Crippen molar-refractivity contribution in [3.05, 3.63) is 34.9 Å². The summed E-state index contributed by atoms with van der Waals surface area (Å²) >= 11 is 5.76. The Morgan fingerprint density at radius 2 is 2.06 bits per heavy atom. The Kier molecular flexibility index (Phi) is 3.72. The van der Waals surface area contributed by atoms with E-state index < -0.39 is 0 Å². The molecule has 0 radical (unpaired) electrons. The number of alkyl halides is 1. The van der Waals surface area contributed by atoms with Gasteiger partial charge in [-0.1, -0.05) is 6.07 Å². The van der Waals surface area contributed by atoms with Crippen molar-refractivity contribution in [1.29, 1.82) is 0 Å². The number of hydrogen-bond donors (Lipinski definition) is 0. The summed E-state index contributed by atoms with van der Waals surface area (Å²) in [6, 6.07) is 6.31. The summed E-state index contributed by atoms with van der Waals surface area (Å²) in [6.45, 7) is 4.74. The van der Waals surface area contributed by atoms with Crippen molar-refractivity contribution in [2.45, 2.75) is 32.7 Å². The number of carbonyl (C=O) groups excluding carboxylic acids is 1. The molecule has 1 fully saturated rings. The predicted octanol–water partition coefficient (Wildman–Crippen LogP) is 3.15. The zero-order valence-corrected chi connectivity index (χ0v) is 11.1. The zero-order chi connectivity index (χ0) is 12.4. The minimum atomic E-state index is 0.122. The van der Waals surface area contributed by atoms with Crippen molar-refractivity contribution in [2.75, 3.05) is 12.4 Å². The van der Waals surface area contributed by atoms with Crippen LogP contribution in [0.15, 0.2) is 18.2 Å². The second-order valence-corrected chi connectivity index (χ2v) is 5.10. The first kappa shape index (κ1) is 12.4. The summed E-state index contributed by atoms with van der Waals surface area (Å²) in [6.07, 6.45) is 2.24. The highest BCUT2D eigenvalue weighted by Gasteiger charge is 2.32. The van der Waals surface area contributed by atoms with E-state index in [2.05, 4.69) is 6.92 Å². The number of hydrogen-bond acceptors (Lipinski definition) is 1. The summed E-state index contributed by atoms with van der Waals surface area (Å²) in [5, 5.41) is 0. The standard InChI is InChI=1S/C14H18ClNO/c1-10-3-4-12(9-11(10)2)14(17)16(8-7-15)13-5-6-13/h3-4,9,13H,5-8H2,1-2H3. The number of amides is 1.